The van der Waals surface area contributed by atoms with Gasteiger partial charge in [0.25, 0.3) is 0 Å². The first-order chi connectivity index (χ1) is 4.04. The maximum absolute atomic E-state index is 9.62. The number of aliphatic hydroxyl groups excluding tert-OH is 1. The van der Waals surface area contributed by atoms with Gasteiger partial charge in [0.15, 0.2) is 0 Å². The van der Waals surface area contributed by atoms with Crippen molar-refractivity contribution in [3.63, 3.8) is 0 Å². The van der Waals surface area contributed by atoms with Gasteiger partial charge < -0.3 is 15.3 Å². The van der Waals surface area contributed by atoms with Crippen molar-refractivity contribution in [3.05, 3.63) is 11.8 Å². The largest absolute Gasteiger partial charge is 0.501 e. The molecule has 0 bridgehead atoms. The molecule has 9 heavy (non-hydrogen) atoms. The highest BCUT2D eigenvalue weighted by atomic mass is 16.4. The van der Waals surface area contributed by atoms with Crippen molar-refractivity contribution in [2.75, 3.05) is 0 Å². The molecule has 0 spiro atoms. The summed E-state index contributed by atoms with van der Waals surface area (Å²) < 4.78 is 0. The molecule has 0 unspecified atom stereocenters. The van der Waals surface area contributed by atoms with E-state index in [4.69, 9.17) is 15.3 Å². The molecule has 3 N–H and O–H groups in total. The molecule has 0 aromatic heterocycles. The Balaban J connectivity index is 4.17. The predicted molar refractivity (Wildman–Crippen MR) is 24.7 cm³/mol. The van der Waals surface area contributed by atoms with Gasteiger partial charge in [0.1, 0.15) is 6.08 Å². The van der Waals surface area contributed by atoms with E-state index in [9.17, 15) is 9.59 Å². The Kier molecular flexibility index (Phi) is 2.25. The second-order valence-electron chi connectivity index (χ2n) is 1.08. The van der Waals surface area contributed by atoms with Gasteiger partial charge in [-0.1, -0.05) is 0 Å². The topological polar surface area (TPSA) is 94.8 Å². The van der Waals surface area contributed by atoms with Crippen molar-refractivity contribution < 1.29 is 24.9 Å². The van der Waals surface area contributed by atoms with Crippen LogP contribution < -0.4 is 0 Å². The van der Waals surface area contributed by atoms with Crippen LogP contribution in [0.2, 0.25) is 0 Å². The normalized spacial score (nSPS) is 10.9. The van der Waals surface area contributed by atoms with Crippen LogP contribution in [0.4, 0.5) is 0 Å². The van der Waals surface area contributed by atoms with Gasteiger partial charge in [-0.25, -0.2) is 9.59 Å². The van der Waals surface area contributed by atoms with Crippen LogP contribution in [0.3, 0.4) is 0 Å². The lowest BCUT2D eigenvalue weighted by Crippen LogP contribution is -2.02. The van der Waals surface area contributed by atoms with Crippen molar-refractivity contribution >= 4 is 11.9 Å². The molecule has 0 heterocycles. The number of aliphatic carboxylic acids is 2. The minimum atomic E-state index is -1.71. The molecule has 5 heteroatoms. The number of hydrogen-bond acceptors (Lipinski definition) is 3. The molecule has 0 rings (SSSR count). The lowest BCUT2D eigenvalue weighted by molar-refractivity contribution is -0.138. The fourth-order valence-electron chi connectivity index (χ4n) is 0.155. The Hall–Kier alpha value is -1.52. The van der Waals surface area contributed by atoms with Crippen molar-refractivity contribution in [1.82, 2.24) is 0 Å². The summed E-state index contributed by atoms with van der Waals surface area (Å²) in [5.41, 5.74) is 0. The maximum atomic E-state index is 9.62. The van der Waals surface area contributed by atoms with Gasteiger partial charge in [0.2, 0.25) is 5.76 Å². The van der Waals surface area contributed by atoms with Gasteiger partial charge >= 0.3 is 11.9 Å². The standard InChI is InChI=1S/C4H3O5/c5-2(4(8)9)1-3(6)7/h5H,(H,6,7)(H,8,9). The van der Waals surface area contributed by atoms with Crippen LogP contribution in [-0.2, 0) is 9.59 Å². The Morgan fingerprint density at radius 2 is 1.56 bits per heavy atom. The molecule has 0 fully saturated rings. The SMILES string of the molecule is O=C(O)[C]=C(O)C(=O)O. The van der Waals surface area contributed by atoms with Crippen LogP contribution in [0.1, 0.15) is 0 Å². The van der Waals surface area contributed by atoms with Crippen LogP contribution in [-0.4, -0.2) is 27.3 Å². The molecule has 0 aliphatic heterocycles. The smallest absolute Gasteiger partial charge is 0.371 e. The minimum absolute atomic E-state index is 1.23. The first-order valence-electron chi connectivity index (χ1n) is 1.83. The van der Waals surface area contributed by atoms with Gasteiger partial charge in [-0.05, 0) is 0 Å². The number of carboxylic acids is 2. The second-order valence-corrected chi connectivity index (χ2v) is 1.08. The molecular weight excluding hydrogens is 128 g/mol. The number of carbonyl (C=O) groups is 2. The fraction of sp³-hybridized carbons (Fsp3) is 0. The molecule has 0 saturated heterocycles. The Bertz CT molecular complexity index is 168. The van der Waals surface area contributed by atoms with E-state index in [0.29, 0.717) is 0 Å². The first-order valence-corrected chi connectivity index (χ1v) is 1.83. The van der Waals surface area contributed by atoms with E-state index in [1.807, 2.05) is 0 Å². The summed E-state index contributed by atoms with van der Waals surface area (Å²) in [6.45, 7) is 0. The van der Waals surface area contributed by atoms with E-state index in [-0.39, 0.29) is 0 Å². The average molecular weight is 131 g/mol. The molecule has 0 aromatic carbocycles. The Labute approximate surface area is 49.9 Å². The first kappa shape index (κ1) is 7.48. The van der Waals surface area contributed by atoms with Crippen molar-refractivity contribution in [2.24, 2.45) is 0 Å². The third-order valence-electron chi connectivity index (χ3n) is 0.428. The zero-order valence-electron chi connectivity index (χ0n) is 4.16. The molecule has 0 aliphatic carbocycles. The van der Waals surface area contributed by atoms with Crippen molar-refractivity contribution in [1.29, 1.82) is 0 Å². The van der Waals surface area contributed by atoms with Crippen molar-refractivity contribution in [3.8, 4) is 0 Å². The number of rotatable bonds is 2. The zero-order valence-corrected chi connectivity index (χ0v) is 4.16. The van der Waals surface area contributed by atoms with Crippen LogP contribution in [0.5, 0.6) is 0 Å². The van der Waals surface area contributed by atoms with Crippen LogP contribution in [0.15, 0.2) is 5.76 Å². The number of carboxylic acid groups (broad SMARTS) is 2. The van der Waals surface area contributed by atoms with Crippen LogP contribution >= 0.6 is 0 Å². The molecule has 0 amide bonds. The number of aliphatic hydroxyl groups is 1. The quantitative estimate of drug-likeness (QED) is 0.343. The highest BCUT2D eigenvalue weighted by Gasteiger charge is 2.05. The van der Waals surface area contributed by atoms with E-state index in [2.05, 4.69) is 0 Å². The van der Waals surface area contributed by atoms with Gasteiger partial charge in [-0.3, -0.25) is 0 Å². The summed E-state index contributed by atoms with van der Waals surface area (Å²) in [4.78, 5) is 19.2. The highest BCUT2D eigenvalue weighted by molar-refractivity contribution is 5.89. The minimum Gasteiger partial charge on any atom is -0.501 e. The lowest BCUT2D eigenvalue weighted by atomic mass is 10.4. The lowest BCUT2D eigenvalue weighted by Gasteiger charge is -1.84. The third kappa shape index (κ3) is 3.10. The Morgan fingerprint density at radius 3 is 1.67 bits per heavy atom. The van der Waals surface area contributed by atoms with Crippen LogP contribution in [0, 0.1) is 6.08 Å². The van der Waals surface area contributed by atoms with E-state index >= 15 is 0 Å². The average Bonchev–Trinajstić information content (AvgIpc) is 1.63. The third-order valence-corrected chi connectivity index (χ3v) is 0.428. The van der Waals surface area contributed by atoms with Crippen LogP contribution in [0.25, 0.3) is 0 Å². The highest BCUT2D eigenvalue weighted by Crippen LogP contribution is 1.84. The molecule has 5 nitrogen and oxygen atoms in total. The number of hydrogen-bond donors (Lipinski definition) is 3. The monoisotopic (exact) mass is 131 g/mol. The molecular formula is C4H3O5. The summed E-state index contributed by atoms with van der Waals surface area (Å²) in [7, 11) is 0. The second kappa shape index (κ2) is 2.71. The van der Waals surface area contributed by atoms with Crippen molar-refractivity contribution in [2.45, 2.75) is 0 Å². The summed E-state index contributed by atoms with van der Waals surface area (Å²) in [6.07, 6.45) is 1.23. The zero-order chi connectivity index (χ0) is 7.44. The molecule has 49 valence electrons. The van der Waals surface area contributed by atoms with Gasteiger partial charge in [0.05, 0.1) is 0 Å². The maximum Gasteiger partial charge on any atom is 0.371 e. The van der Waals surface area contributed by atoms with Gasteiger partial charge in [0, 0.05) is 0 Å². The van der Waals surface area contributed by atoms with E-state index in [1.54, 1.807) is 0 Å². The summed E-state index contributed by atoms with van der Waals surface area (Å²) in [5, 5.41) is 23.7. The van der Waals surface area contributed by atoms with E-state index < -0.39 is 17.7 Å². The summed E-state index contributed by atoms with van der Waals surface area (Å²) >= 11 is 0. The molecule has 0 aliphatic rings. The Morgan fingerprint density at radius 1 is 1.11 bits per heavy atom. The summed E-state index contributed by atoms with van der Waals surface area (Å²) in [6, 6.07) is 0. The molecule has 0 atom stereocenters. The van der Waals surface area contributed by atoms with E-state index in [0.717, 1.165) is 0 Å². The molecule has 1 radical (unpaired) electrons. The summed E-state index contributed by atoms with van der Waals surface area (Å²) in [5.74, 6) is -4.63. The molecule has 0 aromatic rings. The van der Waals surface area contributed by atoms with E-state index in [1.165, 1.54) is 6.08 Å². The van der Waals surface area contributed by atoms with Gasteiger partial charge in [-0.2, -0.15) is 0 Å². The van der Waals surface area contributed by atoms with Gasteiger partial charge in [-0.15, -0.1) is 0 Å². The molecule has 0 saturated carbocycles. The predicted octanol–water partition coefficient (Wildman–Crippen LogP) is -0.599. The fourth-order valence-corrected chi connectivity index (χ4v) is 0.155.